The van der Waals surface area contributed by atoms with E-state index in [0.717, 1.165) is 162 Å². The van der Waals surface area contributed by atoms with Crippen LogP contribution in [0, 0.1) is 0 Å². The van der Waals surface area contributed by atoms with Crippen molar-refractivity contribution in [3.05, 3.63) is 392 Å². The Balaban J connectivity index is 0.938. The third kappa shape index (κ3) is 12.0. The number of rotatable bonds is 10. The quantitative estimate of drug-likeness (QED) is 0.128. The fourth-order valence-electron chi connectivity index (χ4n) is 20.3. The number of benzene rings is 17. The molecule has 0 fully saturated rings. The summed E-state index contributed by atoms with van der Waals surface area (Å²) in [6.07, 6.45) is 0. The van der Waals surface area contributed by atoms with E-state index in [2.05, 4.69) is 422 Å². The van der Waals surface area contributed by atoms with Crippen molar-refractivity contribution < 1.29 is 11.0 Å². The van der Waals surface area contributed by atoms with Crippen molar-refractivity contribution in [2.75, 3.05) is 9.80 Å². The molecule has 21 aromatic rings. The summed E-state index contributed by atoms with van der Waals surface area (Å²) in [6, 6.07) is 115. The SMILES string of the molecule is [2H]c1c([2H])c([2H])c2c(c1[2H])c1c([2H])c([2H])c([2H])c([2H])c1n2-c1ccc2c(c1)N(c1c(-c3ccccc3)cc(C(C)(C)C)cc1-c1ccccc1)c1cc(-n3c4ccccc4c4cc(-n5c6ccccc6c6ccccc65)ccc43)cc3c1B2c1ccc(-n2c4ccc(C(C)(C)C)cc4c4cc(C(C)(C)C)ccc42)cc1N3c1c(-c2ccccc2)cc(C(C)(C)C)cc1-c1ccccc1. The molecule has 125 heavy (non-hydrogen) atoms. The minimum atomic E-state index is -0.607. The highest BCUT2D eigenvalue weighted by Crippen LogP contribution is 2.57. The van der Waals surface area contributed by atoms with Gasteiger partial charge in [-0.15, -0.1) is 0 Å². The Labute approximate surface area is 743 Å². The monoisotopic (exact) mass is 1620 g/mol. The predicted octanol–water partition coefficient (Wildman–Crippen LogP) is 30.0. The lowest BCUT2D eigenvalue weighted by Gasteiger charge is -2.46. The van der Waals surface area contributed by atoms with Gasteiger partial charge in [0, 0.05) is 105 Å². The molecule has 0 N–H and O–H groups in total. The molecule has 6 nitrogen and oxygen atoms in total. The van der Waals surface area contributed by atoms with Crippen LogP contribution in [0.3, 0.4) is 0 Å². The highest BCUT2D eigenvalue weighted by molar-refractivity contribution is 7.00. The molecule has 0 amide bonds. The number of hydrogen-bond acceptors (Lipinski definition) is 2. The van der Waals surface area contributed by atoms with Crippen LogP contribution in [0.25, 0.3) is 154 Å². The van der Waals surface area contributed by atoms with Gasteiger partial charge < -0.3 is 28.1 Å². The van der Waals surface area contributed by atoms with E-state index in [0.29, 0.717) is 5.69 Å². The first-order valence-corrected chi connectivity index (χ1v) is 43.7. The summed E-state index contributed by atoms with van der Waals surface area (Å²) in [5.74, 6) is 0. The van der Waals surface area contributed by atoms with E-state index in [1.165, 1.54) is 38.2 Å². The lowest BCUT2D eigenvalue weighted by molar-refractivity contribution is 0.590. The summed E-state index contributed by atoms with van der Waals surface area (Å²) < 4.78 is 86.5. The standard InChI is InChI=1S/C118H97BN6/c1-115(2,3)78-53-60-105-95(63-78)96-64-79(116(4,5)6)54-61-106(96)122(105)84-56-59-99-109(71-84)125(114-93(76-39-21-15-22-40-76)67-81(118(10,11)12)68-94(114)77-41-23-16-24-42-77)111-73-85(123-104-52-34-29-47-90(104)97-69-82(57-62-107(97)123)120-100-48-30-25-43-86(100)87-44-26-31-49-101(87)120)72-110-112(111)119(99)98-58-55-83(121-102-50-32-27-45-88(102)89-46-28-33-51-103(89)121)70-108(98)124(110)113-91(74-35-17-13-18-36-74)65-80(117(7,8)9)66-92(113)75-37-19-14-20-38-75/h13-73H,1-12H3/i27D,28D,32D,33D,45D,46D,50D,51D. The number of aromatic nitrogens is 4. The molecule has 0 atom stereocenters. The van der Waals surface area contributed by atoms with E-state index in [1.807, 2.05) is 6.07 Å². The van der Waals surface area contributed by atoms with Crippen LogP contribution < -0.4 is 26.2 Å². The third-order valence-electron chi connectivity index (χ3n) is 26.6. The topological polar surface area (TPSA) is 26.2 Å². The first-order chi connectivity index (χ1) is 63.9. The second-order valence-corrected chi connectivity index (χ2v) is 38.3. The van der Waals surface area contributed by atoms with Crippen molar-refractivity contribution >= 4 is 144 Å². The van der Waals surface area contributed by atoms with E-state index < -0.39 is 43.0 Å². The highest BCUT2D eigenvalue weighted by atomic mass is 15.2. The maximum absolute atomic E-state index is 10.1. The fraction of sp³-hybridized carbons (Fsp3) is 0.136. The van der Waals surface area contributed by atoms with Crippen molar-refractivity contribution in [1.29, 1.82) is 0 Å². The lowest BCUT2D eigenvalue weighted by Crippen LogP contribution is -2.61. The maximum Gasteiger partial charge on any atom is 0.252 e. The molecule has 4 aromatic heterocycles. The number of hydrogen-bond donors (Lipinski definition) is 0. The third-order valence-corrected chi connectivity index (χ3v) is 26.6. The minimum Gasteiger partial charge on any atom is -0.310 e. The Kier molecular flexibility index (Phi) is 15.1. The Morgan fingerprint density at radius 2 is 0.512 bits per heavy atom. The van der Waals surface area contributed by atoms with Crippen molar-refractivity contribution in [3.63, 3.8) is 0 Å². The molecule has 17 aromatic carbocycles. The lowest BCUT2D eigenvalue weighted by atomic mass is 9.33. The van der Waals surface area contributed by atoms with Crippen molar-refractivity contribution in [1.82, 2.24) is 18.3 Å². The molecule has 2 aliphatic rings. The summed E-state index contributed by atoms with van der Waals surface area (Å²) in [7, 11) is 0. The molecular formula is C118H97BN6. The van der Waals surface area contributed by atoms with Crippen LogP contribution in [0.4, 0.5) is 34.1 Å². The molecular weight excluding hydrogens is 1510 g/mol. The molecule has 0 saturated heterocycles. The smallest absolute Gasteiger partial charge is 0.252 e. The van der Waals surface area contributed by atoms with E-state index in [-0.39, 0.29) is 55.6 Å². The molecule has 0 radical (unpaired) electrons. The van der Waals surface area contributed by atoms with Gasteiger partial charge >= 0.3 is 0 Å². The summed E-state index contributed by atoms with van der Waals surface area (Å²) in [6.45, 7) is 26.9. The van der Waals surface area contributed by atoms with Gasteiger partial charge in [0.25, 0.3) is 6.71 Å². The zero-order valence-corrected chi connectivity index (χ0v) is 72.4. The largest absolute Gasteiger partial charge is 0.310 e. The highest BCUT2D eigenvalue weighted by Gasteiger charge is 2.47. The average Bonchev–Trinajstić information content (AvgIpc) is 1.48. The normalized spacial score (nSPS) is 14.0. The Morgan fingerprint density at radius 1 is 0.224 bits per heavy atom. The molecule has 0 aliphatic carbocycles. The van der Waals surface area contributed by atoms with Gasteiger partial charge in [-0.2, -0.15) is 0 Å². The van der Waals surface area contributed by atoms with Gasteiger partial charge in [0.05, 0.1) is 72.2 Å². The van der Waals surface area contributed by atoms with Gasteiger partial charge in [0.15, 0.2) is 0 Å². The zero-order valence-electron chi connectivity index (χ0n) is 80.4. The zero-order chi connectivity index (χ0) is 91.8. The van der Waals surface area contributed by atoms with Gasteiger partial charge in [-0.25, -0.2) is 0 Å². The van der Waals surface area contributed by atoms with Crippen LogP contribution in [-0.2, 0) is 21.7 Å². The fourth-order valence-corrected chi connectivity index (χ4v) is 20.3. The average molecular weight is 1620 g/mol. The predicted molar refractivity (Wildman–Crippen MR) is 534 cm³/mol. The number of para-hydroxylation sites is 5. The molecule has 6 heterocycles. The molecule has 0 bridgehead atoms. The number of nitrogens with zero attached hydrogens (tertiary/aromatic N) is 6. The number of anilines is 6. The van der Waals surface area contributed by atoms with Crippen molar-refractivity contribution in [2.45, 2.75) is 105 Å². The van der Waals surface area contributed by atoms with E-state index in [9.17, 15) is 11.0 Å². The Bertz CT molecular complexity index is 8210. The van der Waals surface area contributed by atoms with E-state index >= 15 is 0 Å². The Hall–Kier alpha value is -14.4. The van der Waals surface area contributed by atoms with Gasteiger partial charge in [-0.1, -0.05) is 320 Å². The summed E-state index contributed by atoms with van der Waals surface area (Å²) in [5, 5.41) is 6.79. The molecule has 2 aliphatic heterocycles. The first kappa shape index (κ1) is 67.2. The Morgan fingerprint density at radius 3 is 0.888 bits per heavy atom. The maximum atomic E-state index is 10.1. The summed E-state index contributed by atoms with van der Waals surface area (Å²) in [5.41, 5.74) is 29.5. The van der Waals surface area contributed by atoms with Crippen LogP contribution in [0.1, 0.15) is 116 Å². The van der Waals surface area contributed by atoms with Gasteiger partial charge in [0.1, 0.15) is 0 Å². The minimum absolute atomic E-state index is 0.00373. The molecule has 602 valence electrons. The second kappa shape index (κ2) is 28.1. The van der Waals surface area contributed by atoms with Crippen LogP contribution in [0.5, 0.6) is 0 Å². The first-order valence-electron chi connectivity index (χ1n) is 47.7. The van der Waals surface area contributed by atoms with E-state index in [4.69, 9.17) is 0 Å². The van der Waals surface area contributed by atoms with Gasteiger partial charge in [-0.05, 0) is 216 Å². The van der Waals surface area contributed by atoms with E-state index in [1.54, 1.807) is 4.57 Å². The molecule has 0 saturated carbocycles. The van der Waals surface area contributed by atoms with Gasteiger partial charge in [0.2, 0.25) is 0 Å². The number of fused-ring (bicyclic) bond motifs is 16. The molecule has 23 rings (SSSR count). The molecule has 0 unspecified atom stereocenters. The van der Waals surface area contributed by atoms with Gasteiger partial charge in [-0.3, -0.25) is 0 Å². The molecule has 0 spiro atoms. The van der Waals surface area contributed by atoms with Crippen LogP contribution in [-0.4, -0.2) is 25.0 Å². The van der Waals surface area contributed by atoms with Crippen molar-refractivity contribution in [2.24, 2.45) is 0 Å². The van der Waals surface area contributed by atoms with Crippen LogP contribution in [0.2, 0.25) is 0 Å². The second-order valence-electron chi connectivity index (χ2n) is 38.3. The van der Waals surface area contributed by atoms with Crippen LogP contribution in [0.15, 0.2) is 370 Å². The van der Waals surface area contributed by atoms with Crippen LogP contribution >= 0.6 is 0 Å². The van der Waals surface area contributed by atoms with Crippen molar-refractivity contribution in [3.8, 4) is 67.3 Å². The summed E-state index contributed by atoms with van der Waals surface area (Å²) >= 11 is 0. The molecule has 7 heteroatoms. The summed E-state index contributed by atoms with van der Waals surface area (Å²) in [4.78, 5) is 5.13.